The molecule has 1 amide bonds. The highest BCUT2D eigenvalue weighted by atomic mass is 79.9. The van der Waals surface area contributed by atoms with Gasteiger partial charge in [-0.1, -0.05) is 22.0 Å². The number of halogens is 1. The maximum atomic E-state index is 11.7. The number of unbranched alkanes of at least 4 members (excludes halogenated alkanes) is 1. The summed E-state index contributed by atoms with van der Waals surface area (Å²) < 4.78 is 0.940. The Morgan fingerprint density at radius 2 is 2.19 bits per heavy atom. The van der Waals surface area contributed by atoms with Crippen LogP contribution in [0.2, 0.25) is 0 Å². The van der Waals surface area contributed by atoms with E-state index in [9.17, 15) is 4.79 Å². The molecule has 1 rings (SSSR count). The maximum Gasteiger partial charge on any atom is 0.251 e. The van der Waals surface area contributed by atoms with E-state index in [1.54, 1.807) is 0 Å². The van der Waals surface area contributed by atoms with Crippen molar-refractivity contribution < 1.29 is 9.90 Å². The summed E-state index contributed by atoms with van der Waals surface area (Å²) in [6.45, 7) is 2.75. The minimum absolute atomic E-state index is 0.0707. The van der Waals surface area contributed by atoms with E-state index in [-0.39, 0.29) is 12.5 Å². The van der Waals surface area contributed by atoms with Crippen LogP contribution in [-0.4, -0.2) is 24.2 Å². The van der Waals surface area contributed by atoms with Crippen LogP contribution in [0.1, 0.15) is 28.8 Å². The molecular weight excluding hydrogens is 270 g/mol. The van der Waals surface area contributed by atoms with Crippen molar-refractivity contribution in [3.05, 3.63) is 33.8 Å². The van der Waals surface area contributed by atoms with Gasteiger partial charge < -0.3 is 10.4 Å². The summed E-state index contributed by atoms with van der Waals surface area (Å²) in [5.74, 6) is -0.0707. The fraction of sp³-hybridized carbons (Fsp3) is 0.417. The van der Waals surface area contributed by atoms with Crippen LogP contribution in [0, 0.1) is 6.92 Å². The van der Waals surface area contributed by atoms with Gasteiger partial charge in [-0.15, -0.1) is 0 Å². The van der Waals surface area contributed by atoms with Crippen LogP contribution < -0.4 is 5.32 Å². The molecule has 1 aromatic carbocycles. The summed E-state index contributed by atoms with van der Waals surface area (Å²) in [7, 11) is 0. The molecule has 0 saturated heterocycles. The maximum absolute atomic E-state index is 11.7. The molecule has 0 radical (unpaired) electrons. The Balaban J connectivity index is 2.50. The third kappa shape index (κ3) is 3.94. The van der Waals surface area contributed by atoms with E-state index in [2.05, 4.69) is 21.2 Å². The molecule has 0 aromatic heterocycles. The average Bonchev–Trinajstić information content (AvgIpc) is 2.28. The van der Waals surface area contributed by atoms with E-state index in [0.717, 1.165) is 22.9 Å². The monoisotopic (exact) mass is 285 g/mol. The molecule has 88 valence electrons. The van der Waals surface area contributed by atoms with Gasteiger partial charge >= 0.3 is 0 Å². The molecule has 0 aliphatic rings. The summed E-state index contributed by atoms with van der Waals surface area (Å²) in [6.07, 6.45) is 1.52. The Kier molecular flexibility index (Phi) is 5.49. The zero-order valence-electron chi connectivity index (χ0n) is 9.29. The Bertz CT molecular complexity index is 366. The standard InChI is InChI=1S/C12H16BrNO2/c1-9-4-5-10(8-11(9)13)12(16)14-6-2-3-7-15/h4-5,8,15H,2-3,6-7H2,1H3,(H,14,16). The zero-order chi connectivity index (χ0) is 12.0. The van der Waals surface area contributed by atoms with Gasteiger partial charge in [-0.05, 0) is 37.5 Å². The zero-order valence-corrected chi connectivity index (χ0v) is 10.9. The predicted octanol–water partition coefficient (Wildman–Crippen LogP) is 2.26. The lowest BCUT2D eigenvalue weighted by molar-refractivity contribution is 0.0952. The third-order valence-electron chi connectivity index (χ3n) is 2.30. The van der Waals surface area contributed by atoms with E-state index < -0.39 is 0 Å². The smallest absolute Gasteiger partial charge is 0.251 e. The molecule has 0 atom stereocenters. The lowest BCUT2D eigenvalue weighted by Crippen LogP contribution is -2.24. The van der Waals surface area contributed by atoms with Crippen LogP contribution in [0.25, 0.3) is 0 Å². The molecule has 0 saturated carbocycles. The fourth-order valence-corrected chi connectivity index (χ4v) is 1.65. The van der Waals surface area contributed by atoms with Gasteiger partial charge in [0, 0.05) is 23.2 Å². The summed E-state index contributed by atoms with van der Waals surface area (Å²) in [5, 5.41) is 11.4. The third-order valence-corrected chi connectivity index (χ3v) is 3.16. The number of aliphatic hydroxyl groups is 1. The quantitative estimate of drug-likeness (QED) is 0.816. The molecule has 4 heteroatoms. The van der Waals surface area contributed by atoms with E-state index in [1.165, 1.54) is 0 Å². The number of nitrogens with one attached hydrogen (secondary N) is 1. The van der Waals surface area contributed by atoms with Crippen LogP contribution >= 0.6 is 15.9 Å². The summed E-state index contributed by atoms with van der Waals surface area (Å²) >= 11 is 3.39. The number of benzene rings is 1. The summed E-state index contributed by atoms with van der Waals surface area (Å²) in [6, 6.07) is 5.53. The van der Waals surface area contributed by atoms with Gasteiger partial charge in [0.2, 0.25) is 0 Å². The lowest BCUT2D eigenvalue weighted by Gasteiger charge is -2.06. The first-order chi connectivity index (χ1) is 7.65. The highest BCUT2D eigenvalue weighted by Gasteiger charge is 2.05. The molecule has 16 heavy (non-hydrogen) atoms. The number of aliphatic hydroxyl groups excluding tert-OH is 1. The highest BCUT2D eigenvalue weighted by molar-refractivity contribution is 9.10. The van der Waals surface area contributed by atoms with Crippen molar-refractivity contribution in [3.63, 3.8) is 0 Å². The largest absolute Gasteiger partial charge is 0.396 e. The SMILES string of the molecule is Cc1ccc(C(=O)NCCCCO)cc1Br. The number of rotatable bonds is 5. The summed E-state index contributed by atoms with van der Waals surface area (Å²) in [5.41, 5.74) is 1.76. The minimum atomic E-state index is -0.0707. The second kappa shape index (κ2) is 6.66. The van der Waals surface area contributed by atoms with Gasteiger partial charge in [0.1, 0.15) is 0 Å². The van der Waals surface area contributed by atoms with E-state index in [1.807, 2.05) is 25.1 Å². The second-order valence-corrected chi connectivity index (χ2v) is 4.50. The number of aryl methyl sites for hydroxylation is 1. The van der Waals surface area contributed by atoms with Crippen LogP contribution in [0.15, 0.2) is 22.7 Å². The first-order valence-electron chi connectivity index (χ1n) is 5.30. The minimum Gasteiger partial charge on any atom is -0.396 e. The molecule has 0 aliphatic heterocycles. The number of hydrogen-bond donors (Lipinski definition) is 2. The van der Waals surface area contributed by atoms with Gasteiger partial charge in [-0.2, -0.15) is 0 Å². The molecule has 0 aliphatic carbocycles. The number of amides is 1. The van der Waals surface area contributed by atoms with Crippen LogP contribution in [0.3, 0.4) is 0 Å². The molecule has 0 heterocycles. The van der Waals surface area contributed by atoms with Gasteiger partial charge in [0.25, 0.3) is 5.91 Å². The van der Waals surface area contributed by atoms with Crippen LogP contribution in [0.4, 0.5) is 0 Å². The van der Waals surface area contributed by atoms with Crippen molar-refractivity contribution in [2.75, 3.05) is 13.2 Å². The normalized spacial score (nSPS) is 10.2. The lowest BCUT2D eigenvalue weighted by atomic mass is 10.1. The molecule has 0 spiro atoms. The fourth-order valence-electron chi connectivity index (χ4n) is 1.27. The average molecular weight is 286 g/mol. The molecule has 3 nitrogen and oxygen atoms in total. The number of hydrogen-bond acceptors (Lipinski definition) is 2. The Hall–Kier alpha value is -0.870. The van der Waals surface area contributed by atoms with Crippen LogP contribution in [-0.2, 0) is 0 Å². The van der Waals surface area contributed by atoms with Gasteiger partial charge in [-0.25, -0.2) is 0 Å². The summed E-state index contributed by atoms with van der Waals surface area (Å²) in [4.78, 5) is 11.7. The predicted molar refractivity (Wildman–Crippen MR) is 67.5 cm³/mol. The van der Waals surface area contributed by atoms with E-state index >= 15 is 0 Å². The molecule has 0 unspecified atom stereocenters. The van der Waals surface area contributed by atoms with Gasteiger partial charge in [0.15, 0.2) is 0 Å². The van der Waals surface area contributed by atoms with Crippen molar-refractivity contribution in [2.24, 2.45) is 0 Å². The van der Waals surface area contributed by atoms with Crippen LogP contribution in [0.5, 0.6) is 0 Å². The first kappa shape index (κ1) is 13.2. The number of carbonyl (C=O) groups is 1. The first-order valence-corrected chi connectivity index (χ1v) is 6.09. The van der Waals surface area contributed by atoms with Gasteiger partial charge in [-0.3, -0.25) is 4.79 Å². The topological polar surface area (TPSA) is 49.3 Å². The number of carbonyl (C=O) groups excluding carboxylic acids is 1. The Labute approximate surface area is 104 Å². The Morgan fingerprint density at radius 1 is 1.44 bits per heavy atom. The van der Waals surface area contributed by atoms with Crippen molar-refractivity contribution in [3.8, 4) is 0 Å². The van der Waals surface area contributed by atoms with Gasteiger partial charge in [0.05, 0.1) is 0 Å². The molecule has 2 N–H and O–H groups in total. The van der Waals surface area contributed by atoms with Crippen molar-refractivity contribution in [1.29, 1.82) is 0 Å². The molecular formula is C12H16BrNO2. The Morgan fingerprint density at radius 3 is 2.81 bits per heavy atom. The highest BCUT2D eigenvalue weighted by Crippen LogP contribution is 2.17. The van der Waals surface area contributed by atoms with E-state index in [4.69, 9.17) is 5.11 Å². The molecule has 0 bridgehead atoms. The second-order valence-electron chi connectivity index (χ2n) is 3.65. The molecule has 1 aromatic rings. The van der Waals surface area contributed by atoms with Crippen molar-refractivity contribution in [2.45, 2.75) is 19.8 Å². The van der Waals surface area contributed by atoms with E-state index in [0.29, 0.717) is 12.1 Å². The molecule has 0 fully saturated rings. The van der Waals surface area contributed by atoms with Crippen molar-refractivity contribution in [1.82, 2.24) is 5.32 Å². The van der Waals surface area contributed by atoms with Crippen molar-refractivity contribution >= 4 is 21.8 Å².